The van der Waals surface area contributed by atoms with Crippen LogP contribution in [0, 0.1) is 11.7 Å². The van der Waals surface area contributed by atoms with Gasteiger partial charge in [0.05, 0.1) is 0 Å². The van der Waals surface area contributed by atoms with Gasteiger partial charge >= 0.3 is 5.97 Å². The van der Waals surface area contributed by atoms with Crippen molar-refractivity contribution in [1.29, 1.82) is 0 Å². The maximum absolute atomic E-state index is 13.6. The van der Waals surface area contributed by atoms with Crippen LogP contribution >= 0.6 is 11.6 Å². The second kappa shape index (κ2) is 6.51. The molecule has 1 aromatic rings. The highest BCUT2D eigenvalue weighted by Gasteiger charge is 2.28. The van der Waals surface area contributed by atoms with Crippen molar-refractivity contribution < 1.29 is 22.7 Å². The number of carboxylic acid groups (broad SMARTS) is 1. The van der Waals surface area contributed by atoms with Crippen LogP contribution in [0.25, 0.3) is 0 Å². The molecule has 20 heavy (non-hydrogen) atoms. The lowest BCUT2D eigenvalue weighted by atomic mass is 10.1. The van der Waals surface area contributed by atoms with Crippen molar-refractivity contribution in [1.82, 2.24) is 4.72 Å². The number of hydrogen-bond donors (Lipinski definition) is 2. The summed E-state index contributed by atoms with van der Waals surface area (Å²) in [5.41, 5.74) is 0. The Kier molecular flexibility index (Phi) is 5.50. The molecule has 5 nitrogen and oxygen atoms in total. The van der Waals surface area contributed by atoms with E-state index in [0.717, 1.165) is 12.1 Å². The number of carbonyl (C=O) groups is 1. The predicted molar refractivity (Wildman–Crippen MR) is 72.6 cm³/mol. The fraction of sp³-hybridized carbons (Fsp3) is 0.417. The average Bonchev–Trinajstić information content (AvgIpc) is 2.30. The van der Waals surface area contributed by atoms with E-state index in [9.17, 15) is 17.6 Å². The number of carboxylic acids is 1. The molecule has 0 aromatic heterocycles. The highest BCUT2D eigenvalue weighted by Crippen LogP contribution is 2.20. The van der Waals surface area contributed by atoms with E-state index in [1.807, 2.05) is 4.72 Å². The molecule has 0 aliphatic rings. The molecule has 0 fully saturated rings. The average molecular weight is 324 g/mol. The van der Waals surface area contributed by atoms with Crippen molar-refractivity contribution in [2.45, 2.75) is 31.2 Å². The van der Waals surface area contributed by atoms with E-state index in [0.29, 0.717) is 0 Å². The lowest BCUT2D eigenvalue weighted by Crippen LogP contribution is -2.41. The molecule has 0 spiro atoms. The predicted octanol–water partition coefficient (Wildman–Crippen LogP) is 2.26. The summed E-state index contributed by atoms with van der Waals surface area (Å²) in [6, 6.07) is 1.74. The van der Waals surface area contributed by atoms with E-state index in [2.05, 4.69) is 0 Å². The number of rotatable bonds is 6. The molecule has 0 saturated heterocycles. The number of benzene rings is 1. The number of hydrogen-bond acceptors (Lipinski definition) is 3. The van der Waals surface area contributed by atoms with Gasteiger partial charge in [-0.15, -0.1) is 0 Å². The van der Waals surface area contributed by atoms with Gasteiger partial charge in [-0.1, -0.05) is 25.4 Å². The topological polar surface area (TPSA) is 83.5 Å². The van der Waals surface area contributed by atoms with Gasteiger partial charge in [-0.05, 0) is 30.5 Å². The van der Waals surface area contributed by atoms with Crippen LogP contribution in [0.15, 0.2) is 23.1 Å². The smallest absolute Gasteiger partial charge is 0.321 e. The summed E-state index contributed by atoms with van der Waals surface area (Å²) in [5.74, 6) is -2.34. The van der Waals surface area contributed by atoms with E-state index in [4.69, 9.17) is 16.7 Å². The Labute approximate surface area is 121 Å². The zero-order valence-corrected chi connectivity index (χ0v) is 12.5. The second-order valence-electron chi connectivity index (χ2n) is 4.72. The lowest BCUT2D eigenvalue weighted by Gasteiger charge is -2.17. The molecule has 0 radical (unpaired) electrons. The molecule has 112 valence electrons. The van der Waals surface area contributed by atoms with Crippen LogP contribution in [0.2, 0.25) is 5.02 Å². The quantitative estimate of drug-likeness (QED) is 0.841. The molecule has 1 atom stereocenters. The first kappa shape index (κ1) is 16.9. The molecule has 0 aliphatic carbocycles. The van der Waals surface area contributed by atoms with Crippen LogP contribution in [-0.4, -0.2) is 25.5 Å². The van der Waals surface area contributed by atoms with E-state index in [1.165, 1.54) is 6.07 Å². The minimum Gasteiger partial charge on any atom is -0.480 e. The van der Waals surface area contributed by atoms with Gasteiger partial charge in [0.25, 0.3) is 0 Å². The number of nitrogens with one attached hydrogen (secondary N) is 1. The summed E-state index contributed by atoms with van der Waals surface area (Å²) in [6.07, 6.45) is 0.0940. The van der Waals surface area contributed by atoms with E-state index < -0.39 is 32.7 Å². The third-order valence-electron chi connectivity index (χ3n) is 2.49. The maximum atomic E-state index is 13.6. The molecule has 0 aliphatic heterocycles. The maximum Gasteiger partial charge on any atom is 0.321 e. The van der Waals surface area contributed by atoms with Crippen LogP contribution in [-0.2, 0) is 14.8 Å². The number of aliphatic carboxylic acids is 1. The zero-order chi connectivity index (χ0) is 15.5. The van der Waals surface area contributed by atoms with E-state index >= 15 is 0 Å². The Bertz CT molecular complexity index is 603. The monoisotopic (exact) mass is 323 g/mol. The first-order valence-corrected chi connectivity index (χ1v) is 7.69. The highest BCUT2D eigenvalue weighted by molar-refractivity contribution is 7.89. The molecular formula is C12H15ClFNO4S. The molecule has 0 amide bonds. The molecule has 1 rings (SSSR count). The van der Waals surface area contributed by atoms with Crippen molar-refractivity contribution >= 4 is 27.6 Å². The van der Waals surface area contributed by atoms with Crippen molar-refractivity contribution in [3.8, 4) is 0 Å². The van der Waals surface area contributed by atoms with Crippen LogP contribution in [0.3, 0.4) is 0 Å². The van der Waals surface area contributed by atoms with Gasteiger partial charge < -0.3 is 5.11 Å². The fourth-order valence-electron chi connectivity index (χ4n) is 1.60. The Morgan fingerprint density at radius 2 is 2.05 bits per heavy atom. The Hall–Kier alpha value is -1.18. The summed E-state index contributed by atoms with van der Waals surface area (Å²) < 4.78 is 39.6. The normalized spacial score (nSPS) is 13.4. The first-order valence-electron chi connectivity index (χ1n) is 5.83. The molecule has 2 N–H and O–H groups in total. The van der Waals surface area contributed by atoms with Crippen LogP contribution in [0.5, 0.6) is 0 Å². The summed E-state index contributed by atoms with van der Waals surface area (Å²) in [7, 11) is -4.29. The highest BCUT2D eigenvalue weighted by atomic mass is 35.5. The van der Waals surface area contributed by atoms with Crippen molar-refractivity contribution in [2.24, 2.45) is 5.92 Å². The number of halogens is 2. The van der Waals surface area contributed by atoms with Gasteiger partial charge in [-0.2, -0.15) is 4.72 Å². The molecule has 8 heteroatoms. The Morgan fingerprint density at radius 1 is 1.45 bits per heavy atom. The third-order valence-corrected chi connectivity index (χ3v) is 4.21. The molecule has 0 saturated carbocycles. The molecule has 1 aromatic carbocycles. The number of sulfonamides is 1. The van der Waals surface area contributed by atoms with Gasteiger partial charge in [0.15, 0.2) is 0 Å². The van der Waals surface area contributed by atoms with Gasteiger partial charge in [0, 0.05) is 5.02 Å². The van der Waals surface area contributed by atoms with E-state index in [1.54, 1.807) is 13.8 Å². The van der Waals surface area contributed by atoms with Crippen molar-refractivity contribution in [3.63, 3.8) is 0 Å². The summed E-state index contributed by atoms with van der Waals surface area (Å²) in [5, 5.41) is 9.05. The second-order valence-corrected chi connectivity index (χ2v) is 6.84. The van der Waals surface area contributed by atoms with Crippen LogP contribution in [0.1, 0.15) is 20.3 Å². The van der Waals surface area contributed by atoms with Crippen molar-refractivity contribution in [2.75, 3.05) is 0 Å². The van der Waals surface area contributed by atoms with Gasteiger partial charge in [-0.3, -0.25) is 4.79 Å². The fourth-order valence-corrected chi connectivity index (χ4v) is 3.15. The summed E-state index contributed by atoms with van der Waals surface area (Å²) in [4.78, 5) is 10.4. The molecule has 0 bridgehead atoms. The first-order chi connectivity index (χ1) is 9.13. The minimum atomic E-state index is -4.29. The standard InChI is InChI=1S/C12H15ClFNO4S/c1-7(2)5-10(12(16)17)15-20(18,19)11-6-8(13)3-4-9(11)14/h3-4,6-7,10,15H,5H2,1-2H3,(H,16,17)/t10-/m0/s1. The Morgan fingerprint density at radius 3 is 2.55 bits per heavy atom. The van der Waals surface area contributed by atoms with Gasteiger partial charge in [0.2, 0.25) is 10.0 Å². The molecule has 0 heterocycles. The van der Waals surface area contributed by atoms with Crippen LogP contribution < -0.4 is 4.72 Å². The van der Waals surface area contributed by atoms with Crippen molar-refractivity contribution in [3.05, 3.63) is 29.0 Å². The SMILES string of the molecule is CC(C)C[C@H](NS(=O)(=O)c1cc(Cl)ccc1F)C(=O)O. The van der Waals surface area contributed by atoms with Gasteiger partial charge in [-0.25, -0.2) is 12.8 Å². The molecule has 0 unspecified atom stereocenters. The van der Waals surface area contributed by atoms with E-state index in [-0.39, 0.29) is 17.4 Å². The van der Waals surface area contributed by atoms with Gasteiger partial charge in [0.1, 0.15) is 16.8 Å². The lowest BCUT2D eigenvalue weighted by molar-refractivity contribution is -0.139. The Balaban J connectivity index is 3.09. The largest absolute Gasteiger partial charge is 0.480 e. The van der Waals surface area contributed by atoms with Crippen LogP contribution in [0.4, 0.5) is 4.39 Å². The third kappa shape index (κ3) is 4.43. The minimum absolute atomic E-state index is 0.0389. The summed E-state index contributed by atoms with van der Waals surface area (Å²) >= 11 is 5.63. The molecular weight excluding hydrogens is 309 g/mol. The summed E-state index contributed by atoms with van der Waals surface area (Å²) in [6.45, 7) is 3.51. The zero-order valence-electron chi connectivity index (χ0n) is 10.9.